The first-order chi connectivity index (χ1) is 10.0. The van der Waals surface area contributed by atoms with Gasteiger partial charge in [0.2, 0.25) is 0 Å². The van der Waals surface area contributed by atoms with Gasteiger partial charge in [0.1, 0.15) is 11.5 Å². The van der Waals surface area contributed by atoms with Gasteiger partial charge in [-0.3, -0.25) is 14.9 Å². The predicted molar refractivity (Wildman–Crippen MR) is 72.2 cm³/mol. The van der Waals surface area contributed by atoms with Crippen LogP contribution in [0, 0.1) is 27.3 Å². The van der Waals surface area contributed by atoms with Crippen molar-refractivity contribution >= 4 is 17.3 Å². The van der Waals surface area contributed by atoms with Gasteiger partial charge in [-0.2, -0.15) is 5.26 Å². The summed E-state index contributed by atoms with van der Waals surface area (Å²) in [7, 11) is 0. The van der Waals surface area contributed by atoms with Crippen LogP contribution >= 0.6 is 0 Å². The standard InChI is InChI=1S/C14H8FN3O3/c15-11-4-5-13(18(20)21)12(7-11)17-14(19)10-3-1-2-9(6-10)8-16/h1-7H,(H,17,19). The molecule has 0 aliphatic heterocycles. The lowest BCUT2D eigenvalue weighted by Crippen LogP contribution is -2.13. The number of nitro groups is 1. The van der Waals surface area contributed by atoms with Crippen molar-refractivity contribution in [3.05, 3.63) is 69.5 Å². The van der Waals surface area contributed by atoms with E-state index in [4.69, 9.17) is 5.26 Å². The molecule has 2 rings (SSSR count). The van der Waals surface area contributed by atoms with Crippen LogP contribution in [-0.2, 0) is 0 Å². The Bertz CT molecular complexity index is 768. The Hall–Kier alpha value is -3.27. The van der Waals surface area contributed by atoms with Gasteiger partial charge >= 0.3 is 0 Å². The van der Waals surface area contributed by atoms with E-state index >= 15 is 0 Å². The molecule has 0 heterocycles. The maximum atomic E-state index is 13.2. The summed E-state index contributed by atoms with van der Waals surface area (Å²) < 4.78 is 13.2. The molecule has 0 saturated carbocycles. The zero-order valence-electron chi connectivity index (χ0n) is 10.5. The minimum absolute atomic E-state index is 0.146. The molecule has 0 radical (unpaired) electrons. The summed E-state index contributed by atoms with van der Waals surface area (Å²) in [5, 5.41) is 21.9. The third-order valence-corrected chi connectivity index (χ3v) is 2.66. The second-order valence-electron chi connectivity index (χ2n) is 4.07. The molecule has 1 amide bonds. The number of carbonyl (C=O) groups excluding carboxylic acids is 1. The quantitative estimate of drug-likeness (QED) is 0.692. The first-order valence-corrected chi connectivity index (χ1v) is 5.76. The molecular weight excluding hydrogens is 277 g/mol. The van der Waals surface area contributed by atoms with Gasteiger partial charge in [-0.25, -0.2) is 4.39 Å². The molecular formula is C14H8FN3O3. The monoisotopic (exact) mass is 285 g/mol. The van der Waals surface area contributed by atoms with E-state index in [9.17, 15) is 19.3 Å². The number of halogens is 1. The van der Waals surface area contributed by atoms with Gasteiger partial charge in [0.05, 0.1) is 16.6 Å². The highest BCUT2D eigenvalue weighted by atomic mass is 19.1. The van der Waals surface area contributed by atoms with Crippen molar-refractivity contribution in [2.75, 3.05) is 5.32 Å². The van der Waals surface area contributed by atoms with E-state index < -0.39 is 22.3 Å². The molecule has 0 fully saturated rings. The predicted octanol–water partition coefficient (Wildman–Crippen LogP) is 2.86. The number of nitro benzene ring substituents is 1. The van der Waals surface area contributed by atoms with Crippen molar-refractivity contribution in [2.24, 2.45) is 0 Å². The molecule has 0 unspecified atom stereocenters. The molecule has 0 aliphatic rings. The van der Waals surface area contributed by atoms with Crippen molar-refractivity contribution in [1.82, 2.24) is 0 Å². The van der Waals surface area contributed by atoms with Crippen molar-refractivity contribution in [3.8, 4) is 6.07 Å². The average Bonchev–Trinajstić information content (AvgIpc) is 2.47. The summed E-state index contributed by atoms with van der Waals surface area (Å²) in [5.74, 6) is -1.37. The van der Waals surface area contributed by atoms with Crippen LogP contribution in [0.4, 0.5) is 15.8 Å². The van der Waals surface area contributed by atoms with Gasteiger partial charge in [-0.1, -0.05) is 6.07 Å². The minimum atomic E-state index is -0.721. The van der Waals surface area contributed by atoms with Crippen LogP contribution in [0.15, 0.2) is 42.5 Å². The van der Waals surface area contributed by atoms with Gasteiger partial charge in [-0.05, 0) is 24.3 Å². The molecule has 104 valence electrons. The summed E-state index contributed by atoms with van der Waals surface area (Å²) in [6.07, 6.45) is 0. The van der Waals surface area contributed by atoms with Crippen LogP contribution < -0.4 is 5.32 Å². The second kappa shape index (κ2) is 5.79. The summed E-state index contributed by atoms with van der Waals surface area (Å²) in [6, 6.07) is 10.4. The van der Waals surface area contributed by atoms with Crippen molar-refractivity contribution in [3.63, 3.8) is 0 Å². The van der Waals surface area contributed by atoms with E-state index in [2.05, 4.69) is 5.32 Å². The maximum absolute atomic E-state index is 13.2. The number of carbonyl (C=O) groups is 1. The fourth-order valence-corrected chi connectivity index (χ4v) is 1.69. The summed E-state index contributed by atoms with van der Waals surface area (Å²) >= 11 is 0. The number of anilines is 1. The van der Waals surface area contributed by atoms with Crippen molar-refractivity contribution in [2.45, 2.75) is 0 Å². The number of nitrogens with zero attached hydrogens (tertiary/aromatic N) is 2. The van der Waals surface area contributed by atoms with Gasteiger partial charge in [-0.15, -0.1) is 0 Å². The van der Waals surface area contributed by atoms with Crippen LogP contribution in [0.5, 0.6) is 0 Å². The van der Waals surface area contributed by atoms with Crippen LogP contribution in [0.3, 0.4) is 0 Å². The molecule has 2 aromatic carbocycles. The van der Waals surface area contributed by atoms with Gasteiger partial charge in [0.25, 0.3) is 11.6 Å². The summed E-state index contributed by atoms with van der Waals surface area (Å²) in [4.78, 5) is 22.1. The highest BCUT2D eigenvalue weighted by Gasteiger charge is 2.17. The second-order valence-corrected chi connectivity index (χ2v) is 4.07. The normalized spacial score (nSPS) is 9.71. The molecule has 1 N–H and O–H groups in total. The Labute approximate surface area is 118 Å². The van der Waals surface area contributed by atoms with E-state index in [1.54, 1.807) is 0 Å². The lowest BCUT2D eigenvalue weighted by Gasteiger charge is -2.06. The molecule has 0 bridgehead atoms. The summed E-state index contributed by atoms with van der Waals surface area (Å²) in [5.41, 5.74) is -0.238. The number of rotatable bonds is 3. The molecule has 0 atom stereocenters. The first-order valence-electron chi connectivity index (χ1n) is 5.76. The van der Waals surface area contributed by atoms with Crippen LogP contribution in [-0.4, -0.2) is 10.8 Å². The third kappa shape index (κ3) is 3.19. The SMILES string of the molecule is N#Cc1cccc(C(=O)Nc2cc(F)ccc2[N+](=O)[O-])c1. The zero-order chi connectivity index (χ0) is 15.4. The molecule has 2 aromatic rings. The first kappa shape index (κ1) is 14.1. The van der Waals surface area contributed by atoms with E-state index in [0.29, 0.717) is 0 Å². The largest absolute Gasteiger partial charge is 0.316 e. The number of nitrogens with one attached hydrogen (secondary N) is 1. The molecule has 7 heteroatoms. The van der Waals surface area contributed by atoms with E-state index in [-0.39, 0.29) is 16.8 Å². The average molecular weight is 285 g/mol. The lowest BCUT2D eigenvalue weighted by molar-refractivity contribution is -0.384. The van der Waals surface area contributed by atoms with Crippen LogP contribution in [0.2, 0.25) is 0 Å². The number of hydrogen-bond acceptors (Lipinski definition) is 4. The highest BCUT2D eigenvalue weighted by Crippen LogP contribution is 2.25. The topological polar surface area (TPSA) is 96.0 Å². The van der Waals surface area contributed by atoms with Crippen molar-refractivity contribution in [1.29, 1.82) is 5.26 Å². The molecule has 6 nitrogen and oxygen atoms in total. The van der Waals surface area contributed by atoms with Gasteiger partial charge < -0.3 is 5.32 Å². The smallest absolute Gasteiger partial charge is 0.292 e. The summed E-state index contributed by atoms with van der Waals surface area (Å²) in [6.45, 7) is 0. The molecule has 0 aliphatic carbocycles. The van der Waals surface area contributed by atoms with Crippen molar-refractivity contribution < 1.29 is 14.1 Å². The van der Waals surface area contributed by atoms with E-state index in [1.165, 1.54) is 24.3 Å². The highest BCUT2D eigenvalue weighted by molar-refractivity contribution is 6.05. The van der Waals surface area contributed by atoms with Gasteiger partial charge in [0, 0.05) is 17.7 Å². The fraction of sp³-hybridized carbons (Fsp3) is 0. The number of benzene rings is 2. The lowest BCUT2D eigenvalue weighted by atomic mass is 10.1. The Morgan fingerprint density at radius 1 is 1.29 bits per heavy atom. The number of nitriles is 1. The van der Waals surface area contributed by atoms with Crippen LogP contribution in [0.1, 0.15) is 15.9 Å². The molecule has 0 aromatic heterocycles. The molecule has 21 heavy (non-hydrogen) atoms. The van der Waals surface area contributed by atoms with E-state index in [0.717, 1.165) is 18.2 Å². The maximum Gasteiger partial charge on any atom is 0.292 e. The molecule has 0 spiro atoms. The third-order valence-electron chi connectivity index (χ3n) is 2.66. The molecule has 0 saturated heterocycles. The number of hydrogen-bond donors (Lipinski definition) is 1. The van der Waals surface area contributed by atoms with E-state index in [1.807, 2.05) is 6.07 Å². The Morgan fingerprint density at radius 3 is 2.71 bits per heavy atom. The Morgan fingerprint density at radius 2 is 2.05 bits per heavy atom. The Balaban J connectivity index is 2.33. The number of amides is 1. The zero-order valence-corrected chi connectivity index (χ0v) is 10.5. The fourth-order valence-electron chi connectivity index (χ4n) is 1.69. The Kier molecular flexibility index (Phi) is 3.90. The van der Waals surface area contributed by atoms with Crippen LogP contribution in [0.25, 0.3) is 0 Å². The van der Waals surface area contributed by atoms with Gasteiger partial charge in [0.15, 0.2) is 0 Å². The minimum Gasteiger partial charge on any atom is -0.316 e.